The van der Waals surface area contributed by atoms with Gasteiger partial charge in [-0.05, 0) is 50.1 Å². The van der Waals surface area contributed by atoms with Crippen molar-refractivity contribution in [3.05, 3.63) is 48.0 Å². The van der Waals surface area contributed by atoms with Crippen molar-refractivity contribution < 1.29 is 14.6 Å². The van der Waals surface area contributed by atoms with Gasteiger partial charge in [-0.15, -0.1) is 12.4 Å². The highest BCUT2D eigenvalue weighted by atomic mass is 35.5. The van der Waals surface area contributed by atoms with Crippen molar-refractivity contribution in [2.24, 2.45) is 0 Å². The van der Waals surface area contributed by atoms with Crippen molar-refractivity contribution in [3.8, 4) is 17.1 Å². The van der Waals surface area contributed by atoms with Gasteiger partial charge in [0.25, 0.3) is 0 Å². The summed E-state index contributed by atoms with van der Waals surface area (Å²) in [6.45, 7) is 5.56. The van der Waals surface area contributed by atoms with Gasteiger partial charge in [-0.3, -0.25) is 0 Å². The molecule has 1 fully saturated rings. The van der Waals surface area contributed by atoms with Gasteiger partial charge in [0, 0.05) is 18.5 Å². The number of benzene rings is 2. The summed E-state index contributed by atoms with van der Waals surface area (Å²) in [5.41, 5.74) is 2.53. The highest BCUT2D eigenvalue weighted by molar-refractivity contribution is 5.92. The quantitative estimate of drug-likeness (QED) is 0.651. The van der Waals surface area contributed by atoms with Gasteiger partial charge >= 0.3 is 6.09 Å². The summed E-state index contributed by atoms with van der Waals surface area (Å²) in [5, 5.41) is 14.1. The Morgan fingerprint density at radius 2 is 2.07 bits per heavy atom. The molecule has 8 heteroatoms. The number of aromatic nitrogens is 2. The van der Waals surface area contributed by atoms with Crippen LogP contribution in [0.25, 0.3) is 22.3 Å². The van der Waals surface area contributed by atoms with Crippen molar-refractivity contribution in [2.45, 2.75) is 26.3 Å². The van der Waals surface area contributed by atoms with Crippen LogP contribution in [0.5, 0.6) is 5.75 Å². The van der Waals surface area contributed by atoms with Crippen LogP contribution in [0.2, 0.25) is 0 Å². The lowest BCUT2D eigenvalue weighted by Crippen LogP contribution is -2.37. The Labute approximate surface area is 181 Å². The monoisotopic (exact) mass is 428 g/mol. The first-order chi connectivity index (χ1) is 14.0. The van der Waals surface area contributed by atoms with Gasteiger partial charge in [0.2, 0.25) is 0 Å². The number of carbonyl (C=O) groups excluding carboxylic acids is 1. The fourth-order valence-corrected chi connectivity index (χ4v) is 3.66. The number of amides is 1. The van der Waals surface area contributed by atoms with E-state index >= 15 is 0 Å². The van der Waals surface area contributed by atoms with Crippen LogP contribution < -0.4 is 10.2 Å². The van der Waals surface area contributed by atoms with E-state index in [1.165, 1.54) is 0 Å². The number of fused-ring (bicyclic) bond motifs is 1. The number of alkyl carbamates (subject to hydrolysis) is 1. The summed E-state index contributed by atoms with van der Waals surface area (Å²) in [7, 11) is 0. The Balaban J connectivity index is 0.00000256. The predicted octanol–water partition coefficient (Wildman–Crippen LogP) is 4.06. The molecule has 1 aliphatic rings. The largest absolute Gasteiger partial charge is 0.507 e. The van der Waals surface area contributed by atoms with Gasteiger partial charge in [0.05, 0.1) is 23.7 Å². The molecule has 2 heterocycles. The van der Waals surface area contributed by atoms with Crippen LogP contribution >= 0.6 is 12.4 Å². The highest BCUT2D eigenvalue weighted by Crippen LogP contribution is 2.33. The third-order valence-corrected chi connectivity index (χ3v) is 5.06. The van der Waals surface area contributed by atoms with Crippen LogP contribution in [0.3, 0.4) is 0 Å². The molecule has 1 saturated heterocycles. The Bertz CT molecular complexity index is 1060. The van der Waals surface area contributed by atoms with Crippen LogP contribution in [0, 0.1) is 6.92 Å². The summed E-state index contributed by atoms with van der Waals surface area (Å²) in [5.74, 6) is 1.44. The fourth-order valence-electron chi connectivity index (χ4n) is 3.66. The predicted molar refractivity (Wildman–Crippen MR) is 119 cm³/mol. The van der Waals surface area contributed by atoms with Crippen molar-refractivity contribution in [1.29, 1.82) is 0 Å². The first kappa shape index (κ1) is 21.6. The van der Waals surface area contributed by atoms with Crippen LogP contribution in [0.15, 0.2) is 42.5 Å². The van der Waals surface area contributed by atoms with Crippen molar-refractivity contribution in [2.75, 3.05) is 24.6 Å². The number of hydrogen-bond acceptors (Lipinski definition) is 6. The van der Waals surface area contributed by atoms with E-state index < -0.39 is 6.09 Å². The average molecular weight is 429 g/mol. The van der Waals surface area contributed by atoms with E-state index in [1.54, 1.807) is 19.1 Å². The number of para-hydroxylation sites is 1. The molecule has 4 rings (SSSR count). The molecular formula is C22H25ClN4O3. The van der Waals surface area contributed by atoms with E-state index in [9.17, 15) is 9.90 Å². The Morgan fingerprint density at radius 3 is 2.83 bits per heavy atom. The molecule has 0 saturated carbocycles. The molecular weight excluding hydrogens is 404 g/mol. The number of carbonyl (C=O) groups is 1. The van der Waals surface area contributed by atoms with Crippen LogP contribution in [-0.2, 0) is 4.74 Å². The number of phenols is 1. The molecule has 2 aromatic carbocycles. The van der Waals surface area contributed by atoms with E-state index in [2.05, 4.69) is 10.2 Å². The number of rotatable bonds is 4. The van der Waals surface area contributed by atoms with E-state index in [1.807, 2.05) is 37.3 Å². The molecule has 1 amide bonds. The minimum absolute atomic E-state index is 0. The van der Waals surface area contributed by atoms with Gasteiger partial charge in [0.15, 0.2) is 5.82 Å². The van der Waals surface area contributed by atoms with Crippen molar-refractivity contribution >= 4 is 35.2 Å². The molecule has 3 aromatic rings. The third kappa shape index (κ3) is 4.41. The number of aryl methyl sites for hydroxylation is 1. The first-order valence-corrected chi connectivity index (χ1v) is 9.80. The lowest BCUT2D eigenvalue weighted by atomic mass is 10.1. The van der Waals surface area contributed by atoms with E-state index in [0.29, 0.717) is 24.5 Å². The topological polar surface area (TPSA) is 87.6 Å². The zero-order valence-corrected chi connectivity index (χ0v) is 17.8. The van der Waals surface area contributed by atoms with Crippen LogP contribution in [-0.4, -0.2) is 46.9 Å². The lowest BCUT2D eigenvalue weighted by Gasteiger charge is -2.21. The minimum Gasteiger partial charge on any atom is -0.507 e. The highest BCUT2D eigenvalue weighted by Gasteiger charge is 2.27. The molecule has 1 aliphatic heterocycles. The standard InChI is InChI=1S/C22H24N4O3.ClH/c1-3-29-22(28)23-15-10-11-26(13-15)21-16-9-8-14(2)12-18(16)24-20(25-21)17-6-4-5-7-19(17)27;/h4-9,12,15,27H,3,10-11,13H2,1-2H3,(H,23,28);1H/t15-;/m1./s1. The Kier molecular flexibility index (Phi) is 6.62. The molecule has 0 aliphatic carbocycles. The average Bonchev–Trinajstić information content (AvgIpc) is 3.15. The molecule has 0 radical (unpaired) electrons. The summed E-state index contributed by atoms with van der Waals surface area (Å²) in [4.78, 5) is 23.4. The second-order valence-corrected chi connectivity index (χ2v) is 7.20. The van der Waals surface area contributed by atoms with Crippen LogP contribution in [0.4, 0.5) is 10.6 Å². The SMILES string of the molecule is CCOC(=O)N[C@@H]1CCN(c2nc(-c3ccccc3O)nc3cc(C)ccc23)C1.Cl. The normalized spacial score (nSPS) is 15.7. The van der Waals surface area contributed by atoms with E-state index in [-0.39, 0.29) is 24.2 Å². The number of ether oxygens (including phenoxy) is 1. The number of halogens is 1. The number of aromatic hydroxyl groups is 1. The molecule has 158 valence electrons. The van der Waals surface area contributed by atoms with Crippen LogP contribution in [0.1, 0.15) is 18.9 Å². The van der Waals surface area contributed by atoms with Gasteiger partial charge in [-0.2, -0.15) is 0 Å². The third-order valence-electron chi connectivity index (χ3n) is 5.06. The maximum Gasteiger partial charge on any atom is 0.407 e. The van der Waals surface area contributed by atoms with Gasteiger partial charge in [-0.25, -0.2) is 14.8 Å². The molecule has 7 nitrogen and oxygen atoms in total. The second-order valence-electron chi connectivity index (χ2n) is 7.20. The number of phenolic OH excluding ortho intramolecular Hbond substituents is 1. The number of nitrogens with zero attached hydrogens (tertiary/aromatic N) is 3. The summed E-state index contributed by atoms with van der Waals surface area (Å²) in [6.07, 6.45) is 0.416. The summed E-state index contributed by atoms with van der Waals surface area (Å²) < 4.78 is 5.00. The molecule has 0 bridgehead atoms. The van der Waals surface area contributed by atoms with Gasteiger partial charge in [0.1, 0.15) is 11.6 Å². The molecule has 1 aromatic heterocycles. The van der Waals surface area contributed by atoms with Gasteiger partial charge < -0.3 is 20.1 Å². The molecule has 30 heavy (non-hydrogen) atoms. The maximum atomic E-state index is 11.8. The summed E-state index contributed by atoms with van der Waals surface area (Å²) in [6, 6.07) is 13.2. The van der Waals surface area contributed by atoms with Crippen molar-refractivity contribution in [3.63, 3.8) is 0 Å². The lowest BCUT2D eigenvalue weighted by molar-refractivity contribution is 0.149. The Hall–Kier alpha value is -3.06. The maximum absolute atomic E-state index is 11.8. The number of anilines is 1. The van der Waals surface area contributed by atoms with Crippen molar-refractivity contribution in [1.82, 2.24) is 15.3 Å². The second kappa shape index (κ2) is 9.17. The summed E-state index contributed by atoms with van der Waals surface area (Å²) >= 11 is 0. The molecule has 0 spiro atoms. The Morgan fingerprint density at radius 1 is 1.27 bits per heavy atom. The minimum atomic E-state index is -0.391. The smallest absolute Gasteiger partial charge is 0.407 e. The zero-order valence-electron chi connectivity index (χ0n) is 17.0. The molecule has 0 unspecified atom stereocenters. The zero-order chi connectivity index (χ0) is 20.4. The fraction of sp³-hybridized carbons (Fsp3) is 0.318. The number of nitrogens with one attached hydrogen (secondary N) is 1. The van der Waals surface area contributed by atoms with E-state index in [0.717, 1.165) is 35.2 Å². The molecule has 1 atom stereocenters. The number of hydrogen-bond donors (Lipinski definition) is 2. The van der Waals surface area contributed by atoms with E-state index in [4.69, 9.17) is 14.7 Å². The first-order valence-electron chi connectivity index (χ1n) is 9.80. The van der Waals surface area contributed by atoms with Gasteiger partial charge in [-0.1, -0.05) is 18.2 Å². The molecule has 2 N–H and O–H groups in total.